The second kappa shape index (κ2) is 8.12. The molecular formula is C20H26N4O. The van der Waals surface area contributed by atoms with E-state index in [2.05, 4.69) is 41.4 Å². The Morgan fingerprint density at radius 1 is 1.20 bits per heavy atom. The molecule has 1 aromatic carbocycles. The van der Waals surface area contributed by atoms with Crippen LogP contribution < -0.4 is 5.32 Å². The van der Waals surface area contributed by atoms with E-state index in [1.54, 1.807) is 0 Å². The largest absolute Gasteiger partial charge is 0.331 e. The van der Waals surface area contributed by atoms with Gasteiger partial charge in [0.2, 0.25) is 0 Å². The summed E-state index contributed by atoms with van der Waals surface area (Å²) in [5.74, 6) is 0.351. The van der Waals surface area contributed by atoms with Crippen molar-refractivity contribution in [2.24, 2.45) is 0 Å². The number of rotatable bonds is 6. The summed E-state index contributed by atoms with van der Waals surface area (Å²) in [4.78, 5) is 21.0. The molecule has 0 bridgehead atoms. The van der Waals surface area contributed by atoms with Crippen LogP contribution in [0, 0.1) is 0 Å². The summed E-state index contributed by atoms with van der Waals surface area (Å²) in [6, 6.07) is 16.2. The Balaban J connectivity index is 1.57. The minimum absolute atomic E-state index is 0.0137. The minimum Gasteiger partial charge on any atom is -0.331 e. The molecule has 5 heteroatoms. The summed E-state index contributed by atoms with van der Waals surface area (Å²) in [6.45, 7) is 2.40. The fourth-order valence-corrected chi connectivity index (χ4v) is 3.08. The van der Waals surface area contributed by atoms with E-state index in [4.69, 9.17) is 0 Å². The van der Waals surface area contributed by atoms with Crippen molar-refractivity contribution in [3.05, 3.63) is 66.0 Å². The van der Waals surface area contributed by atoms with Gasteiger partial charge in [0.25, 0.3) is 0 Å². The van der Waals surface area contributed by atoms with Crippen LogP contribution in [0.5, 0.6) is 0 Å². The van der Waals surface area contributed by atoms with E-state index in [0.717, 1.165) is 37.3 Å². The highest BCUT2D eigenvalue weighted by Crippen LogP contribution is 2.26. The van der Waals surface area contributed by atoms with Crippen LogP contribution in [0.3, 0.4) is 0 Å². The van der Waals surface area contributed by atoms with E-state index in [1.165, 1.54) is 0 Å². The molecule has 1 unspecified atom stereocenters. The molecule has 3 rings (SSSR count). The van der Waals surface area contributed by atoms with Crippen LogP contribution in [-0.4, -0.2) is 54.5 Å². The Labute approximate surface area is 149 Å². The van der Waals surface area contributed by atoms with E-state index in [1.807, 2.05) is 47.5 Å². The van der Waals surface area contributed by atoms with Gasteiger partial charge in [-0.2, -0.15) is 0 Å². The summed E-state index contributed by atoms with van der Waals surface area (Å²) in [7, 11) is 4.10. The van der Waals surface area contributed by atoms with Crippen molar-refractivity contribution < 1.29 is 4.79 Å². The van der Waals surface area contributed by atoms with Gasteiger partial charge in [0, 0.05) is 30.9 Å². The summed E-state index contributed by atoms with van der Waals surface area (Å²) in [6.07, 6.45) is 2.70. The Morgan fingerprint density at radius 3 is 2.56 bits per heavy atom. The number of nitrogens with zero attached hydrogens (tertiary/aromatic N) is 3. The van der Waals surface area contributed by atoms with Crippen LogP contribution in [-0.2, 0) is 0 Å². The quantitative estimate of drug-likeness (QED) is 0.881. The Hall–Kier alpha value is -2.40. The zero-order valence-corrected chi connectivity index (χ0v) is 14.9. The molecule has 1 aliphatic heterocycles. The van der Waals surface area contributed by atoms with Crippen molar-refractivity contribution in [3.8, 4) is 0 Å². The fraction of sp³-hybridized carbons (Fsp3) is 0.400. The number of carbonyl (C=O) groups is 1. The molecule has 2 heterocycles. The van der Waals surface area contributed by atoms with Crippen molar-refractivity contribution in [3.63, 3.8) is 0 Å². The third-order valence-corrected chi connectivity index (χ3v) is 4.64. The van der Waals surface area contributed by atoms with Gasteiger partial charge in [0.05, 0.1) is 6.04 Å². The van der Waals surface area contributed by atoms with Gasteiger partial charge >= 0.3 is 6.03 Å². The standard InChI is InChI=1S/C20H26N4O/c1-23(2)13-11-19(16-8-4-3-5-9-16)22-20(25)24-14-17(15-24)18-10-6-7-12-21-18/h3-10,12,17,19H,11,13-15H2,1-2H3,(H,22,25). The molecule has 0 radical (unpaired) electrons. The molecule has 1 aromatic heterocycles. The molecule has 2 amide bonds. The average Bonchev–Trinajstić information content (AvgIpc) is 2.59. The molecule has 25 heavy (non-hydrogen) atoms. The van der Waals surface area contributed by atoms with Crippen molar-refractivity contribution in [1.82, 2.24) is 20.1 Å². The fourth-order valence-electron chi connectivity index (χ4n) is 3.08. The van der Waals surface area contributed by atoms with Crippen LogP contribution in [0.2, 0.25) is 0 Å². The number of aromatic nitrogens is 1. The first-order valence-corrected chi connectivity index (χ1v) is 8.79. The highest BCUT2D eigenvalue weighted by Gasteiger charge is 2.33. The molecule has 0 saturated carbocycles. The lowest BCUT2D eigenvalue weighted by atomic mass is 9.96. The lowest BCUT2D eigenvalue weighted by Gasteiger charge is -2.39. The van der Waals surface area contributed by atoms with Crippen LogP contribution in [0.15, 0.2) is 54.7 Å². The lowest BCUT2D eigenvalue weighted by Crippen LogP contribution is -2.53. The smallest absolute Gasteiger partial charge is 0.317 e. The third kappa shape index (κ3) is 4.57. The number of hydrogen-bond acceptors (Lipinski definition) is 3. The first kappa shape index (κ1) is 17.4. The number of hydrogen-bond donors (Lipinski definition) is 1. The van der Waals surface area contributed by atoms with Crippen LogP contribution in [0.4, 0.5) is 4.79 Å². The van der Waals surface area contributed by atoms with E-state index >= 15 is 0 Å². The normalized spacial score (nSPS) is 15.7. The summed E-state index contributed by atoms with van der Waals surface area (Å²) in [5, 5.41) is 3.20. The van der Waals surface area contributed by atoms with E-state index in [0.29, 0.717) is 5.92 Å². The summed E-state index contributed by atoms with van der Waals surface area (Å²) < 4.78 is 0. The number of benzene rings is 1. The van der Waals surface area contributed by atoms with Gasteiger partial charge in [-0.1, -0.05) is 36.4 Å². The topological polar surface area (TPSA) is 48.5 Å². The van der Waals surface area contributed by atoms with Crippen molar-refractivity contribution >= 4 is 6.03 Å². The number of nitrogens with one attached hydrogen (secondary N) is 1. The van der Waals surface area contributed by atoms with Crippen LogP contribution in [0.25, 0.3) is 0 Å². The molecule has 2 aromatic rings. The zero-order valence-electron chi connectivity index (χ0n) is 14.9. The predicted octanol–water partition coefficient (Wildman–Crippen LogP) is 2.88. The Kier molecular flexibility index (Phi) is 5.66. The van der Waals surface area contributed by atoms with E-state index < -0.39 is 0 Å². The molecule has 0 spiro atoms. The van der Waals surface area contributed by atoms with E-state index in [-0.39, 0.29) is 12.1 Å². The van der Waals surface area contributed by atoms with Crippen molar-refractivity contribution in [2.75, 3.05) is 33.7 Å². The molecule has 1 aliphatic rings. The first-order valence-electron chi connectivity index (χ1n) is 8.79. The van der Waals surface area contributed by atoms with Gasteiger partial charge in [-0.3, -0.25) is 4.98 Å². The van der Waals surface area contributed by atoms with Gasteiger partial charge in [-0.05, 0) is 44.8 Å². The number of pyridine rings is 1. The molecule has 1 fully saturated rings. The molecule has 1 saturated heterocycles. The monoisotopic (exact) mass is 338 g/mol. The highest BCUT2D eigenvalue weighted by atomic mass is 16.2. The SMILES string of the molecule is CN(C)CCC(NC(=O)N1CC(c2ccccn2)C1)c1ccccc1. The maximum atomic E-state index is 12.6. The van der Waals surface area contributed by atoms with Gasteiger partial charge in [0.15, 0.2) is 0 Å². The van der Waals surface area contributed by atoms with Crippen molar-refractivity contribution in [2.45, 2.75) is 18.4 Å². The first-order chi connectivity index (χ1) is 12.1. The second-order valence-corrected chi connectivity index (χ2v) is 6.86. The number of urea groups is 1. The van der Waals surface area contributed by atoms with Gasteiger partial charge < -0.3 is 15.1 Å². The van der Waals surface area contributed by atoms with Gasteiger partial charge in [-0.15, -0.1) is 0 Å². The molecule has 1 N–H and O–H groups in total. The Morgan fingerprint density at radius 2 is 1.92 bits per heavy atom. The zero-order chi connectivity index (χ0) is 17.6. The Bertz CT molecular complexity index is 669. The number of likely N-dealkylation sites (tertiary alicyclic amines) is 1. The molecule has 0 aliphatic carbocycles. The molecule has 132 valence electrons. The lowest BCUT2D eigenvalue weighted by molar-refractivity contribution is 0.145. The number of amides is 2. The van der Waals surface area contributed by atoms with Gasteiger partial charge in [0.1, 0.15) is 0 Å². The predicted molar refractivity (Wildman–Crippen MR) is 99.4 cm³/mol. The molecule has 5 nitrogen and oxygen atoms in total. The van der Waals surface area contributed by atoms with Gasteiger partial charge in [-0.25, -0.2) is 4.79 Å². The van der Waals surface area contributed by atoms with E-state index in [9.17, 15) is 4.79 Å². The average molecular weight is 338 g/mol. The van der Waals surface area contributed by atoms with Crippen LogP contribution in [0.1, 0.15) is 29.6 Å². The second-order valence-electron chi connectivity index (χ2n) is 6.86. The maximum absolute atomic E-state index is 12.6. The van der Waals surface area contributed by atoms with Crippen LogP contribution >= 0.6 is 0 Å². The minimum atomic E-state index is 0.0137. The summed E-state index contributed by atoms with van der Waals surface area (Å²) >= 11 is 0. The molecular weight excluding hydrogens is 312 g/mol. The summed E-state index contributed by atoms with van der Waals surface area (Å²) in [5.41, 5.74) is 2.22. The van der Waals surface area contributed by atoms with Crippen molar-refractivity contribution in [1.29, 1.82) is 0 Å². The molecule has 1 atom stereocenters. The maximum Gasteiger partial charge on any atom is 0.317 e. The number of carbonyl (C=O) groups excluding carboxylic acids is 1. The third-order valence-electron chi connectivity index (χ3n) is 4.64. The highest BCUT2D eigenvalue weighted by molar-refractivity contribution is 5.76.